The summed E-state index contributed by atoms with van der Waals surface area (Å²) in [5.74, 6) is 0.508. The summed E-state index contributed by atoms with van der Waals surface area (Å²) in [6, 6.07) is 23.4. The smallest absolute Gasteiger partial charge is 0.261 e. The number of para-hydroxylation sites is 2. The van der Waals surface area contributed by atoms with Gasteiger partial charge in [-0.2, -0.15) is 0 Å². The highest BCUT2D eigenvalue weighted by atomic mass is 35.5. The van der Waals surface area contributed by atoms with Crippen LogP contribution in [0, 0.1) is 0 Å². The molecule has 0 heterocycles. The predicted octanol–water partition coefficient (Wildman–Crippen LogP) is 5.28. The fourth-order valence-electron chi connectivity index (χ4n) is 3.81. The normalized spacial score (nSPS) is 11.4. The van der Waals surface area contributed by atoms with Crippen LogP contribution < -0.4 is 14.8 Å². The van der Waals surface area contributed by atoms with E-state index in [2.05, 4.69) is 12.2 Å². The van der Waals surface area contributed by atoms with Crippen LogP contribution in [0.25, 0.3) is 0 Å². The van der Waals surface area contributed by atoms with Gasteiger partial charge >= 0.3 is 0 Å². The minimum atomic E-state index is -0.714. The zero-order valence-electron chi connectivity index (χ0n) is 20.8. The van der Waals surface area contributed by atoms with Crippen molar-refractivity contribution < 1.29 is 19.1 Å². The summed E-state index contributed by atoms with van der Waals surface area (Å²) in [7, 11) is 1.55. The largest absolute Gasteiger partial charge is 0.493 e. The first-order valence-corrected chi connectivity index (χ1v) is 12.5. The Labute approximate surface area is 218 Å². The van der Waals surface area contributed by atoms with Crippen LogP contribution in [0.1, 0.15) is 30.9 Å². The molecular weight excluding hydrogens is 476 g/mol. The van der Waals surface area contributed by atoms with Gasteiger partial charge in [-0.05, 0) is 41.8 Å². The van der Waals surface area contributed by atoms with Crippen LogP contribution in [0.3, 0.4) is 0 Å². The van der Waals surface area contributed by atoms with E-state index in [0.717, 1.165) is 24.0 Å². The standard InChI is InChI=1S/C29H33ClN2O4/c1-3-4-18-31-29(34)25(19-22-10-6-5-7-11-22)32(20-23-14-16-24(30)17-15-23)28(33)21-36-27-13-9-8-12-26(27)35-2/h5-17,25H,3-4,18-21H2,1-2H3,(H,31,34)/t25-/m0/s1. The maximum Gasteiger partial charge on any atom is 0.261 e. The molecule has 7 heteroatoms. The van der Waals surface area contributed by atoms with Crippen LogP contribution in [0.2, 0.25) is 5.02 Å². The summed E-state index contributed by atoms with van der Waals surface area (Å²) in [6.45, 7) is 2.63. The molecule has 3 aromatic carbocycles. The predicted molar refractivity (Wildman–Crippen MR) is 142 cm³/mol. The Kier molecular flexibility index (Phi) is 10.6. The Bertz CT molecular complexity index is 1110. The van der Waals surface area contributed by atoms with E-state index >= 15 is 0 Å². The van der Waals surface area contributed by atoms with E-state index in [-0.39, 0.29) is 25.0 Å². The van der Waals surface area contributed by atoms with Gasteiger partial charge in [-0.3, -0.25) is 9.59 Å². The molecule has 3 rings (SSSR count). The summed E-state index contributed by atoms with van der Waals surface area (Å²) in [4.78, 5) is 28.6. The maximum absolute atomic E-state index is 13.6. The molecule has 36 heavy (non-hydrogen) atoms. The Morgan fingerprint density at radius 1 is 0.917 bits per heavy atom. The zero-order valence-corrected chi connectivity index (χ0v) is 21.5. The van der Waals surface area contributed by atoms with Crippen LogP contribution >= 0.6 is 11.6 Å². The first-order chi connectivity index (χ1) is 17.5. The number of halogens is 1. The van der Waals surface area contributed by atoms with E-state index < -0.39 is 6.04 Å². The number of nitrogens with one attached hydrogen (secondary N) is 1. The van der Waals surface area contributed by atoms with Crippen molar-refractivity contribution in [2.45, 2.75) is 38.8 Å². The van der Waals surface area contributed by atoms with E-state index in [4.69, 9.17) is 21.1 Å². The number of amides is 2. The van der Waals surface area contributed by atoms with Gasteiger partial charge in [0, 0.05) is 24.5 Å². The molecule has 0 aliphatic heterocycles. The van der Waals surface area contributed by atoms with Crippen molar-refractivity contribution in [2.75, 3.05) is 20.3 Å². The number of carbonyl (C=O) groups is 2. The van der Waals surface area contributed by atoms with Crippen LogP contribution in [0.5, 0.6) is 11.5 Å². The number of benzene rings is 3. The van der Waals surface area contributed by atoms with Crippen molar-refractivity contribution in [3.8, 4) is 11.5 Å². The molecule has 0 aromatic heterocycles. The second-order valence-electron chi connectivity index (χ2n) is 8.44. The van der Waals surface area contributed by atoms with Crippen LogP contribution in [0.4, 0.5) is 0 Å². The van der Waals surface area contributed by atoms with E-state index in [1.807, 2.05) is 54.6 Å². The van der Waals surface area contributed by atoms with Crippen LogP contribution in [-0.2, 0) is 22.6 Å². The third-order valence-corrected chi connectivity index (χ3v) is 6.04. The number of unbranched alkanes of at least 4 members (excludes halogenated alkanes) is 1. The third kappa shape index (κ3) is 8.02. The number of hydrogen-bond acceptors (Lipinski definition) is 4. The molecule has 6 nitrogen and oxygen atoms in total. The quantitative estimate of drug-likeness (QED) is 0.319. The highest BCUT2D eigenvalue weighted by molar-refractivity contribution is 6.30. The summed E-state index contributed by atoms with van der Waals surface area (Å²) < 4.78 is 11.2. The second kappa shape index (κ2) is 14.1. The summed E-state index contributed by atoms with van der Waals surface area (Å²) >= 11 is 6.07. The second-order valence-corrected chi connectivity index (χ2v) is 8.87. The molecule has 0 aliphatic carbocycles. The van der Waals surface area contributed by atoms with Gasteiger partial charge in [0.15, 0.2) is 18.1 Å². The number of carbonyl (C=O) groups excluding carboxylic acids is 2. The van der Waals surface area contributed by atoms with Crippen molar-refractivity contribution in [2.24, 2.45) is 0 Å². The molecule has 0 saturated heterocycles. The van der Waals surface area contributed by atoms with Gasteiger partial charge in [-0.25, -0.2) is 0 Å². The molecule has 0 unspecified atom stereocenters. The minimum Gasteiger partial charge on any atom is -0.493 e. The zero-order chi connectivity index (χ0) is 25.8. The first kappa shape index (κ1) is 27.1. The molecule has 0 bridgehead atoms. The molecule has 0 fully saturated rings. The highest BCUT2D eigenvalue weighted by Gasteiger charge is 2.30. The van der Waals surface area contributed by atoms with Gasteiger partial charge in [0.05, 0.1) is 7.11 Å². The molecule has 0 saturated carbocycles. The van der Waals surface area contributed by atoms with Crippen LogP contribution in [-0.4, -0.2) is 43.0 Å². The molecule has 0 radical (unpaired) electrons. The van der Waals surface area contributed by atoms with Gasteiger partial charge in [0.25, 0.3) is 5.91 Å². The Hall–Kier alpha value is -3.51. The average molecular weight is 509 g/mol. The summed E-state index contributed by atoms with van der Waals surface area (Å²) in [6.07, 6.45) is 2.21. The third-order valence-electron chi connectivity index (χ3n) is 5.79. The Morgan fingerprint density at radius 3 is 2.25 bits per heavy atom. The van der Waals surface area contributed by atoms with E-state index in [0.29, 0.717) is 29.5 Å². The van der Waals surface area contributed by atoms with Gasteiger partial charge < -0.3 is 19.7 Å². The molecule has 1 N–H and O–H groups in total. The number of hydrogen-bond donors (Lipinski definition) is 1. The van der Waals surface area contributed by atoms with E-state index in [9.17, 15) is 9.59 Å². The molecule has 0 aliphatic rings. The first-order valence-electron chi connectivity index (χ1n) is 12.1. The topological polar surface area (TPSA) is 67.9 Å². The van der Waals surface area contributed by atoms with Crippen molar-refractivity contribution in [3.63, 3.8) is 0 Å². The monoisotopic (exact) mass is 508 g/mol. The lowest BCUT2D eigenvalue weighted by molar-refractivity contribution is -0.142. The SMILES string of the molecule is CCCCNC(=O)[C@H](Cc1ccccc1)N(Cc1ccc(Cl)cc1)C(=O)COc1ccccc1OC. The molecule has 1 atom stereocenters. The van der Waals surface area contributed by atoms with Gasteiger partial charge in [0.1, 0.15) is 6.04 Å². The lowest BCUT2D eigenvalue weighted by Gasteiger charge is -2.31. The van der Waals surface area contributed by atoms with Crippen molar-refractivity contribution in [1.82, 2.24) is 10.2 Å². The number of ether oxygens (including phenoxy) is 2. The highest BCUT2D eigenvalue weighted by Crippen LogP contribution is 2.26. The number of rotatable bonds is 13. The lowest BCUT2D eigenvalue weighted by atomic mass is 10.0. The fourth-order valence-corrected chi connectivity index (χ4v) is 3.93. The molecule has 190 valence electrons. The average Bonchev–Trinajstić information content (AvgIpc) is 2.91. The summed E-state index contributed by atoms with van der Waals surface area (Å²) in [5, 5.41) is 3.62. The van der Waals surface area contributed by atoms with Crippen molar-refractivity contribution in [3.05, 3.63) is 95.0 Å². The van der Waals surface area contributed by atoms with Crippen molar-refractivity contribution >= 4 is 23.4 Å². The van der Waals surface area contributed by atoms with Gasteiger partial charge in [-0.1, -0.05) is 79.5 Å². The van der Waals surface area contributed by atoms with Crippen molar-refractivity contribution in [1.29, 1.82) is 0 Å². The molecule has 0 spiro atoms. The van der Waals surface area contributed by atoms with Gasteiger partial charge in [0.2, 0.25) is 5.91 Å². The molecule has 3 aromatic rings. The molecule has 2 amide bonds. The van der Waals surface area contributed by atoms with Crippen LogP contribution in [0.15, 0.2) is 78.9 Å². The maximum atomic E-state index is 13.6. The number of methoxy groups -OCH3 is 1. The van der Waals surface area contributed by atoms with Gasteiger partial charge in [-0.15, -0.1) is 0 Å². The minimum absolute atomic E-state index is 0.188. The molecular formula is C29H33ClN2O4. The fraction of sp³-hybridized carbons (Fsp3) is 0.310. The Balaban J connectivity index is 1.89. The Morgan fingerprint density at radius 2 is 1.58 bits per heavy atom. The number of nitrogens with zero attached hydrogens (tertiary/aromatic N) is 1. The lowest BCUT2D eigenvalue weighted by Crippen LogP contribution is -2.51. The summed E-state index contributed by atoms with van der Waals surface area (Å²) in [5.41, 5.74) is 1.83. The van der Waals surface area contributed by atoms with E-state index in [1.165, 1.54) is 0 Å². The van der Waals surface area contributed by atoms with E-state index in [1.54, 1.807) is 36.3 Å².